The predicted octanol–water partition coefficient (Wildman–Crippen LogP) is 2.55. The number of nitrogens with two attached hydrogens (primary N) is 1. The standard InChI is InChI=1S/C19H29N3O/c1-21(19(23)18(20)15-9-3-2-4-10-15)16-11-5-6-12-17(16)22-13-7-8-14-22/h2-4,9-10,16-18H,5-8,11-14,20H2,1H3/t16-,17-,18?/m1/s1. The molecule has 0 aromatic heterocycles. The number of rotatable bonds is 4. The third kappa shape index (κ3) is 3.59. The van der Waals surface area contributed by atoms with E-state index in [1.165, 1.54) is 45.2 Å². The number of likely N-dealkylation sites (tertiary alicyclic amines) is 1. The van der Waals surface area contributed by atoms with Gasteiger partial charge in [0.15, 0.2) is 0 Å². The summed E-state index contributed by atoms with van der Waals surface area (Å²) in [5.74, 6) is 0.0484. The molecule has 126 valence electrons. The van der Waals surface area contributed by atoms with Crippen LogP contribution in [0, 0.1) is 0 Å². The molecule has 1 aromatic carbocycles. The van der Waals surface area contributed by atoms with Gasteiger partial charge in [-0.2, -0.15) is 0 Å². The molecule has 2 aliphatic rings. The van der Waals surface area contributed by atoms with Crippen LogP contribution in [-0.4, -0.2) is 47.9 Å². The monoisotopic (exact) mass is 315 g/mol. The number of hydrogen-bond acceptors (Lipinski definition) is 3. The van der Waals surface area contributed by atoms with Gasteiger partial charge in [0.2, 0.25) is 5.91 Å². The van der Waals surface area contributed by atoms with Crippen molar-refractivity contribution in [3.8, 4) is 0 Å². The summed E-state index contributed by atoms with van der Waals surface area (Å²) in [5.41, 5.74) is 7.14. The molecular formula is C19H29N3O. The van der Waals surface area contributed by atoms with E-state index in [9.17, 15) is 4.79 Å². The van der Waals surface area contributed by atoms with Crippen molar-refractivity contribution < 1.29 is 4.79 Å². The SMILES string of the molecule is CN(C(=O)C(N)c1ccccc1)[C@@H]1CCCC[C@H]1N1CCCC1. The molecular weight excluding hydrogens is 286 g/mol. The van der Waals surface area contributed by atoms with Crippen LogP contribution in [-0.2, 0) is 4.79 Å². The number of hydrogen-bond donors (Lipinski definition) is 1. The van der Waals surface area contributed by atoms with Crippen LogP contribution in [0.3, 0.4) is 0 Å². The predicted molar refractivity (Wildman–Crippen MR) is 93.0 cm³/mol. The van der Waals surface area contributed by atoms with E-state index in [1.54, 1.807) is 0 Å². The van der Waals surface area contributed by atoms with Crippen molar-refractivity contribution in [2.75, 3.05) is 20.1 Å². The number of benzene rings is 1. The molecule has 1 aliphatic heterocycles. The maximum atomic E-state index is 12.9. The van der Waals surface area contributed by atoms with Gasteiger partial charge in [0.1, 0.15) is 6.04 Å². The van der Waals surface area contributed by atoms with Gasteiger partial charge in [0.05, 0.1) is 0 Å². The van der Waals surface area contributed by atoms with E-state index in [-0.39, 0.29) is 5.91 Å². The lowest BCUT2D eigenvalue weighted by Crippen LogP contribution is -2.54. The van der Waals surface area contributed by atoms with Crippen molar-refractivity contribution in [1.29, 1.82) is 0 Å². The molecule has 23 heavy (non-hydrogen) atoms. The molecule has 2 N–H and O–H groups in total. The molecule has 0 radical (unpaired) electrons. The van der Waals surface area contributed by atoms with Gasteiger partial charge in [-0.15, -0.1) is 0 Å². The maximum Gasteiger partial charge on any atom is 0.244 e. The average molecular weight is 315 g/mol. The lowest BCUT2D eigenvalue weighted by molar-refractivity contribution is -0.135. The van der Waals surface area contributed by atoms with Gasteiger partial charge < -0.3 is 10.6 Å². The highest BCUT2D eigenvalue weighted by molar-refractivity contribution is 5.83. The van der Waals surface area contributed by atoms with Crippen LogP contribution in [0.2, 0.25) is 0 Å². The van der Waals surface area contributed by atoms with Gasteiger partial charge in [-0.1, -0.05) is 43.2 Å². The Morgan fingerprint density at radius 1 is 1.13 bits per heavy atom. The first-order chi connectivity index (χ1) is 11.2. The molecule has 1 amide bonds. The average Bonchev–Trinajstić information content (AvgIpc) is 3.15. The lowest BCUT2D eigenvalue weighted by Gasteiger charge is -2.43. The molecule has 2 fully saturated rings. The molecule has 0 spiro atoms. The molecule has 4 nitrogen and oxygen atoms in total. The summed E-state index contributed by atoms with van der Waals surface area (Å²) in [6, 6.07) is 9.99. The summed E-state index contributed by atoms with van der Waals surface area (Å²) >= 11 is 0. The van der Waals surface area contributed by atoms with Crippen molar-refractivity contribution in [1.82, 2.24) is 9.80 Å². The minimum Gasteiger partial charge on any atom is -0.340 e. The van der Waals surface area contributed by atoms with Crippen LogP contribution in [0.25, 0.3) is 0 Å². The summed E-state index contributed by atoms with van der Waals surface area (Å²) in [5, 5.41) is 0. The molecule has 1 heterocycles. The van der Waals surface area contributed by atoms with E-state index in [1.807, 2.05) is 42.3 Å². The zero-order chi connectivity index (χ0) is 16.2. The van der Waals surface area contributed by atoms with Crippen molar-refractivity contribution in [2.45, 2.75) is 56.7 Å². The van der Waals surface area contributed by atoms with E-state index >= 15 is 0 Å². The van der Waals surface area contributed by atoms with Gasteiger partial charge in [0, 0.05) is 19.1 Å². The topological polar surface area (TPSA) is 49.6 Å². The van der Waals surface area contributed by atoms with E-state index in [0.29, 0.717) is 12.1 Å². The Morgan fingerprint density at radius 3 is 2.48 bits per heavy atom. The van der Waals surface area contributed by atoms with Crippen molar-refractivity contribution in [3.05, 3.63) is 35.9 Å². The summed E-state index contributed by atoms with van der Waals surface area (Å²) < 4.78 is 0. The minimum absolute atomic E-state index is 0.0484. The normalized spacial score (nSPS) is 26.9. The third-order valence-corrected chi connectivity index (χ3v) is 5.57. The Bertz CT molecular complexity index is 513. The molecule has 1 saturated heterocycles. The quantitative estimate of drug-likeness (QED) is 0.929. The van der Waals surface area contributed by atoms with Crippen molar-refractivity contribution in [2.24, 2.45) is 5.73 Å². The lowest BCUT2D eigenvalue weighted by atomic mass is 9.88. The Labute approximate surface area is 139 Å². The second-order valence-corrected chi connectivity index (χ2v) is 7.00. The van der Waals surface area contributed by atoms with E-state index in [4.69, 9.17) is 5.73 Å². The summed E-state index contributed by atoms with van der Waals surface area (Å²) in [7, 11) is 1.95. The second-order valence-electron chi connectivity index (χ2n) is 7.00. The van der Waals surface area contributed by atoms with Crippen LogP contribution in [0.1, 0.15) is 50.1 Å². The van der Waals surface area contributed by atoms with Gasteiger partial charge in [-0.3, -0.25) is 9.69 Å². The molecule has 3 rings (SSSR count). The first-order valence-corrected chi connectivity index (χ1v) is 8.99. The summed E-state index contributed by atoms with van der Waals surface area (Å²) in [6.07, 6.45) is 7.40. The maximum absolute atomic E-state index is 12.9. The Hall–Kier alpha value is -1.39. The first kappa shape index (κ1) is 16.5. The third-order valence-electron chi connectivity index (χ3n) is 5.57. The van der Waals surface area contributed by atoms with E-state index in [0.717, 1.165) is 12.0 Å². The molecule has 4 heteroatoms. The van der Waals surface area contributed by atoms with Gasteiger partial charge >= 0.3 is 0 Å². The highest BCUT2D eigenvalue weighted by atomic mass is 16.2. The largest absolute Gasteiger partial charge is 0.340 e. The highest BCUT2D eigenvalue weighted by Gasteiger charge is 2.36. The fourth-order valence-electron chi connectivity index (χ4n) is 4.23. The van der Waals surface area contributed by atoms with E-state index in [2.05, 4.69) is 4.90 Å². The first-order valence-electron chi connectivity index (χ1n) is 8.99. The van der Waals surface area contributed by atoms with Gasteiger partial charge in [0.25, 0.3) is 0 Å². The Kier molecular flexibility index (Phi) is 5.34. The van der Waals surface area contributed by atoms with Crippen LogP contribution < -0.4 is 5.73 Å². The van der Waals surface area contributed by atoms with Gasteiger partial charge in [-0.05, 0) is 44.3 Å². The zero-order valence-electron chi connectivity index (χ0n) is 14.2. The molecule has 1 saturated carbocycles. The molecule has 1 aliphatic carbocycles. The van der Waals surface area contributed by atoms with Crippen molar-refractivity contribution in [3.63, 3.8) is 0 Å². The molecule has 0 bridgehead atoms. The Balaban J connectivity index is 1.71. The fourth-order valence-corrected chi connectivity index (χ4v) is 4.23. The summed E-state index contributed by atoms with van der Waals surface area (Å²) in [6.45, 7) is 2.38. The van der Waals surface area contributed by atoms with Crippen LogP contribution in [0.4, 0.5) is 0 Å². The summed E-state index contributed by atoms with van der Waals surface area (Å²) in [4.78, 5) is 17.4. The minimum atomic E-state index is -0.553. The molecule has 1 unspecified atom stereocenters. The van der Waals surface area contributed by atoms with Crippen LogP contribution in [0.15, 0.2) is 30.3 Å². The second kappa shape index (κ2) is 7.45. The highest BCUT2D eigenvalue weighted by Crippen LogP contribution is 2.30. The fraction of sp³-hybridized carbons (Fsp3) is 0.632. The van der Waals surface area contributed by atoms with Gasteiger partial charge in [-0.25, -0.2) is 0 Å². The number of amides is 1. The number of carbonyl (C=O) groups excluding carboxylic acids is 1. The van der Waals surface area contributed by atoms with E-state index < -0.39 is 6.04 Å². The smallest absolute Gasteiger partial charge is 0.244 e. The van der Waals surface area contributed by atoms with Crippen LogP contribution in [0.5, 0.6) is 0 Å². The Morgan fingerprint density at radius 2 is 1.78 bits per heavy atom. The van der Waals surface area contributed by atoms with Crippen LogP contribution >= 0.6 is 0 Å². The number of carbonyl (C=O) groups is 1. The number of likely N-dealkylation sites (N-methyl/N-ethyl adjacent to an activating group) is 1. The van der Waals surface area contributed by atoms with Crippen molar-refractivity contribution >= 4 is 5.91 Å². The number of nitrogens with zero attached hydrogens (tertiary/aromatic N) is 2. The zero-order valence-corrected chi connectivity index (χ0v) is 14.2. The molecule has 3 atom stereocenters. The molecule has 1 aromatic rings.